The molecule has 4 heteroatoms. The average molecular weight is 279 g/mol. The zero-order valence-corrected chi connectivity index (χ0v) is 12.2. The molecule has 1 fully saturated rings. The van der Waals surface area contributed by atoms with E-state index >= 15 is 0 Å². The molecule has 2 atom stereocenters. The van der Waals surface area contributed by atoms with Gasteiger partial charge in [-0.15, -0.1) is 0 Å². The largest absolute Gasteiger partial charge is 0.486 e. The van der Waals surface area contributed by atoms with E-state index in [0.29, 0.717) is 19.3 Å². The van der Waals surface area contributed by atoms with Gasteiger partial charge in [-0.05, 0) is 43.2 Å². The van der Waals surface area contributed by atoms with Gasteiger partial charge in [0, 0.05) is 17.8 Å². The van der Waals surface area contributed by atoms with Crippen molar-refractivity contribution in [1.82, 2.24) is 5.32 Å². The first-order chi connectivity index (χ1) is 9.33. The van der Waals surface area contributed by atoms with Crippen molar-refractivity contribution in [2.75, 3.05) is 25.5 Å². The summed E-state index contributed by atoms with van der Waals surface area (Å²) in [5.41, 5.74) is 1.27. The van der Waals surface area contributed by atoms with Gasteiger partial charge in [0.2, 0.25) is 0 Å². The lowest BCUT2D eigenvalue weighted by Crippen LogP contribution is -2.26. The molecule has 0 aromatic heterocycles. The minimum Gasteiger partial charge on any atom is -0.486 e. The van der Waals surface area contributed by atoms with Gasteiger partial charge >= 0.3 is 0 Å². The van der Waals surface area contributed by atoms with Crippen LogP contribution in [0.3, 0.4) is 0 Å². The lowest BCUT2D eigenvalue weighted by atomic mass is 10.1. The van der Waals surface area contributed by atoms with Crippen molar-refractivity contribution in [3.05, 3.63) is 23.8 Å². The molecule has 3 nitrogen and oxygen atoms in total. The van der Waals surface area contributed by atoms with Crippen LogP contribution >= 0.6 is 11.8 Å². The van der Waals surface area contributed by atoms with Crippen molar-refractivity contribution < 1.29 is 9.47 Å². The first kappa shape index (κ1) is 13.1. The van der Waals surface area contributed by atoms with Gasteiger partial charge in [0.25, 0.3) is 0 Å². The highest BCUT2D eigenvalue weighted by molar-refractivity contribution is 8.00. The van der Waals surface area contributed by atoms with E-state index in [9.17, 15) is 0 Å². The van der Waals surface area contributed by atoms with Crippen LogP contribution in [0.4, 0.5) is 0 Å². The molecule has 2 aliphatic heterocycles. The summed E-state index contributed by atoms with van der Waals surface area (Å²) in [5.74, 6) is 3.08. The first-order valence-corrected chi connectivity index (χ1v) is 8.12. The molecule has 0 amide bonds. The van der Waals surface area contributed by atoms with Crippen LogP contribution in [0.25, 0.3) is 0 Å². The molecule has 19 heavy (non-hydrogen) atoms. The molecule has 0 spiro atoms. The third kappa shape index (κ3) is 3.18. The number of benzene rings is 1. The lowest BCUT2D eigenvalue weighted by Gasteiger charge is -2.21. The predicted octanol–water partition coefficient (Wildman–Crippen LogP) is 3.00. The molecule has 0 bridgehead atoms. The summed E-state index contributed by atoms with van der Waals surface area (Å²) in [6, 6.07) is 6.62. The van der Waals surface area contributed by atoms with Crippen LogP contribution in [0, 0.1) is 0 Å². The highest BCUT2D eigenvalue weighted by Gasteiger charge is 2.18. The summed E-state index contributed by atoms with van der Waals surface area (Å²) in [4.78, 5) is 0. The van der Waals surface area contributed by atoms with E-state index in [-0.39, 0.29) is 0 Å². The first-order valence-electron chi connectivity index (χ1n) is 7.07. The number of fused-ring (bicyclic) bond motifs is 1. The Hall–Kier alpha value is -0.870. The smallest absolute Gasteiger partial charge is 0.161 e. The fraction of sp³-hybridized carbons (Fsp3) is 0.600. The lowest BCUT2D eigenvalue weighted by molar-refractivity contribution is 0.171. The maximum atomic E-state index is 5.64. The molecule has 0 radical (unpaired) electrons. The Labute approximate surface area is 119 Å². The van der Waals surface area contributed by atoms with E-state index in [1.807, 2.05) is 6.07 Å². The quantitative estimate of drug-likeness (QED) is 0.918. The van der Waals surface area contributed by atoms with Crippen molar-refractivity contribution in [2.24, 2.45) is 0 Å². The molecule has 1 N–H and O–H groups in total. The maximum absolute atomic E-state index is 5.64. The molecule has 104 valence electrons. The van der Waals surface area contributed by atoms with Gasteiger partial charge in [-0.25, -0.2) is 0 Å². The molecule has 2 aliphatic rings. The van der Waals surface area contributed by atoms with E-state index < -0.39 is 0 Å². The SMILES string of the molecule is CC(NCC1CCCS1)c1ccc2c(c1)OCCO2. The van der Waals surface area contributed by atoms with Gasteiger partial charge < -0.3 is 14.8 Å². The van der Waals surface area contributed by atoms with Crippen LogP contribution in [0.5, 0.6) is 11.5 Å². The Bertz CT molecular complexity index is 432. The Morgan fingerprint density at radius 3 is 2.95 bits per heavy atom. The van der Waals surface area contributed by atoms with Crippen molar-refractivity contribution in [3.63, 3.8) is 0 Å². The van der Waals surface area contributed by atoms with Crippen molar-refractivity contribution in [2.45, 2.75) is 31.1 Å². The van der Waals surface area contributed by atoms with Gasteiger partial charge in [-0.2, -0.15) is 11.8 Å². The second kappa shape index (κ2) is 6.06. The van der Waals surface area contributed by atoms with Gasteiger partial charge in [0.05, 0.1) is 0 Å². The summed E-state index contributed by atoms with van der Waals surface area (Å²) in [6.07, 6.45) is 2.72. The standard InChI is InChI=1S/C15H21NO2S/c1-11(16-10-13-3-2-8-19-13)12-4-5-14-15(9-12)18-7-6-17-14/h4-5,9,11,13,16H,2-3,6-8,10H2,1H3. The maximum Gasteiger partial charge on any atom is 0.161 e. The van der Waals surface area contributed by atoms with Crippen molar-refractivity contribution >= 4 is 11.8 Å². The van der Waals surface area contributed by atoms with Crippen LogP contribution < -0.4 is 14.8 Å². The summed E-state index contributed by atoms with van der Waals surface area (Å²) in [5, 5.41) is 4.42. The Kier molecular flexibility index (Phi) is 4.18. The van der Waals surface area contributed by atoms with Crippen LogP contribution in [-0.2, 0) is 0 Å². The monoisotopic (exact) mass is 279 g/mol. The van der Waals surface area contributed by atoms with Crippen LogP contribution in [0.15, 0.2) is 18.2 Å². The minimum absolute atomic E-state index is 0.358. The predicted molar refractivity (Wildman–Crippen MR) is 79.3 cm³/mol. The zero-order valence-electron chi connectivity index (χ0n) is 11.4. The molecule has 3 rings (SSSR count). The fourth-order valence-electron chi connectivity index (χ4n) is 2.56. The third-order valence-electron chi connectivity index (χ3n) is 3.74. The van der Waals surface area contributed by atoms with E-state index in [0.717, 1.165) is 23.3 Å². The van der Waals surface area contributed by atoms with Gasteiger partial charge in [-0.1, -0.05) is 6.07 Å². The Balaban J connectivity index is 1.60. The Morgan fingerprint density at radius 1 is 1.32 bits per heavy atom. The zero-order chi connectivity index (χ0) is 13.1. The molecular weight excluding hydrogens is 258 g/mol. The molecule has 1 saturated heterocycles. The minimum atomic E-state index is 0.358. The van der Waals surface area contributed by atoms with Crippen LogP contribution in [0.1, 0.15) is 31.4 Å². The third-order valence-corrected chi connectivity index (χ3v) is 5.14. The van der Waals surface area contributed by atoms with Crippen molar-refractivity contribution in [1.29, 1.82) is 0 Å². The topological polar surface area (TPSA) is 30.5 Å². The number of hydrogen-bond acceptors (Lipinski definition) is 4. The molecule has 0 aliphatic carbocycles. The second-order valence-electron chi connectivity index (χ2n) is 5.17. The number of hydrogen-bond donors (Lipinski definition) is 1. The summed E-state index contributed by atoms with van der Waals surface area (Å²) in [6.45, 7) is 4.61. The number of ether oxygens (including phenoxy) is 2. The van der Waals surface area contributed by atoms with Crippen LogP contribution in [0.2, 0.25) is 0 Å². The van der Waals surface area contributed by atoms with Crippen LogP contribution in [-0.4, -0.2) is 30.8 Å². The highest BCUT2D eigenvalue weighted by Crippen LogP contribution is 2.33. The summed E-state index contributed by atoms with van der Waals surface area (Å²) in [7, 11) is 0. The fourth-order valence-corrected chi connectivity index (χ4v) is 3.77. The molecule has 2 heterocycles. The average Bonchev–Trinajstić information content (AvgIpc) is 2.97. The highest BCUT2D eigenvalue weighted by atomic mass is 32.2. The number of nitrogens with one attached hydrogen (secondary N) is 1. The molecule has 0 saturated carbocycles. The van der Waals surface area contributed by atoms with E-state index in [2.05, 4.69) is 36.1 Å². The molecular formula is C15H21NO2S. The van der Waals surface area contributed by atoms with Gasteiger partial charge in [0.15, 0.2) is 11.5 Å². The van der Waals surface area contributed by atoms with E-state index in [1.54, 1.807) is 0 Å². The van der Waals surface area contributed by atoms with Crippen molar-refractivity contribution in [3.8, 4) is 11.5 Å². The summed E-state index contributed by atoms with van der Waals surface area (Å²) >= 11 is 2.10. The summed E-state index contributed by atoms with van der Waals surface area (Å²) < 4.78 is 11.2. The second-order valence-corrected chi connectivity index (χ2v) is 6.58. The van der Waals surface area contributed by atoms with E-state index in [4.69, 9.17) is 9.47 Å². The number of thioether (sulfide) groups is 1. The normalized spacial score (nSPS) is 23.3. The molecule has 1 aromatic rings. The van der Waals surface area contributed by atoms with Gasteiger partial charge in [-0.3, -0.25) is 0 Å². The Morgan fingerprint density at radius 2 is 2.16 bits per heavy atom. The molecule has 2 unspecified atom stereocenters. The van der Waals surface area contributed by atoms with Gasteiger partial charge in [0.1, 0.15) is 13.2 Å². The number of rotatable bonds is 4. The molecule has 1 aromatic carbocycles. The van der Waals surface area contributed by atoms with E-state index in [1.165, 1.54) is 24.2 Å².